The highest BCUT2D eigenvalue weighted by molar-refractivity contribution is 6.09. The third-order valence-corrected chi connectivity index (χ3v) is 6.87. The second kappa shape index (κ2) is 11.3. The van der Waals surface area contributed by atoms with Gasteiger partial charge in [0.05, 0.1) is 5.69 Å². The van der Waals surface area contributed by atoms with Gasteiger partial charge in [0.15, 0.2) is 0 Å². The van der Waals surface area contributed by atoms with Gasteiger partial charge >= 0.3 is 0 Å². The van der Waals surface area contributed by atoms with Crippen LogP contribution in [0.15, 0.2) is 54.7 Å². The molecular formula is C28H38ClN3O. The number of piperazine rings is 1. The molecule has 33 heavy (non-hydrogen) atoms. The molecule has 178 valence electrons. The molecule has 1 aliphatic rings. The number of nitrogens with zero attached hydrogens (tertiary/aromatic N) is 2. The average molecular weight is 468 g/mol. The zero-order valence-corrected chi connectivity index (χ0v) is 21.2. The normalized spacial score (nSPS) is 19.9. The van der Waals surface area contributed by atoms with Gasteiger partial charge < -0.3 is 14.6 Å². The first-order chi connectivity index (χ1) is 15.5. The summed E-state index contributed by atoms with van der Waals surface area (Å²) in [6.07, 6.45) is 5.25. The Morgan fingerprint density at radius 2 is 1.79 bits per heavy atom. The van der Waals surface area contributed by atoms with Gasteiger partial charge in [-0.25, -0.2) is 0 Å². The highest BCUT2D eigenvalue weighted by atomic mass is 35.5. The standard InChI is InChI=1S/C28H37N3O.ClH/c1-5-20(2)25-17-27(31-16-7-6-10-26(25)31)28(32)24-13-11-23(12-14-24)9-8-15-30-18-21(3)29-22(4)19-30;/h6-7,10-14,16-17,20-22,29H,5,8-9,15,18-19H2,1-4H3;1H/t20?,21-,22+;. The maximum absolute atomic E-state index is 13.3. The van der Waals surface area contributed by atoms with Crippen molar-refractivity contribution in [3.63, 3.8) is 0 Å². The van der Waals surface area contributed by atoms with Crippen LogP contribution in [0.2, 0.25) is 0 Å². The van der Waals surface area contributed by atoms with E-state index in [1.54, 1.807) is 0 Å². The smallest absolute Gasteiger partial charge is 0.209 e. The van der Waals surface area contributed by atoms with Gasteiger partial charge in [-0.15, -0.1) is 12.4 Å². The molecule has 3 heterocycles. The van der Waals surface area contributed by atoms with Crippen LogP contribution in [0.3, 0.4) is 0 Å². The molecule has 2 aromatic heterocycles. The van der Waals surface area contributed by atoms with E-state index in [9.17, 15) is 4.79 Å². The lowest BCUT2D eigenvalue weighted by Gasteiger charge is -2.36. The SMILES string of the molecule is CCC(C)c1cc(C(=O)c2ccc(CCCN3C[C@@H](C)N[C@@H](C)C3)cc2)n2ccccc12.Cl. The molecule has 1 unspecified atom stereocenters. The van der Waals surface area contributed by atoms with Crippen LogP contribution < -0.4 is 5.32 Å². The van der Waals surface area contributed by atoms with Crippen molar-refractivity contribution in [2.45, 2.75) is 65.0 Å². The van der Waals surface area contributed by atoms with Crippen LogP contribution in [0.4, 0.5) is 0 Å². The topological polar surface area (TPSA) is 36.8 Å². The summed E-state index contributed by atoms with van der Waals surface area (Å²) < 4.78 is 2.05. The molecule has 1 aromatic carbocycles. The van der Waals surface area contributed by atoms with Crippen molar-refractivity contribution in [2.75, 3.05) is 19.6 Å². The first-order valence-corrected chi connectivity index (χ1v) is 12.2. The maximum atomic E-state index is 13.3. The van der Waals surface area contributed by atoms with Gasteiger partial charge in [0, 0.05) is 42.5 Å². The Bertz CT molecular complexity index is 1050. The van der Waals surface area contributed by atoms with Crippen molar-refractivity contribution in [3.05, 3.63) is 77.1 Å². The van der Waals surface area contributed by atoms with E-state index in [0.29, 0.717) is 18.0 Å². The van der Waals surface area contributed by atoms with Gasteiger partial charge in [0.1, 0.15) is 0 Å². The number of aryl methyl sites for hydroxylation is 1. The molecule has 0 amide bonds. The number of carbonyl (C=O) groups is 1. The Balaban J connectivity index is 0.00000306. The number of nitrogens with one attached hydrogen (secondary N) is 1. The van der Waals surface area contributed by atoms with E-state index < -0.39 is 0 Å². The number of halogens is 1. The maximum Gasteiger partial charge on any atom is 0.209 e. The van der Waals surface area contributed by atoms with Crippen LogP contribution >= 0.6 is 12.4 Å². The van der Waals surface area contributed by atoms with E-state index in [-0.39, 0.29) is 18.2 Å². The van der Waals surface area contributed by atoms with Gasteiger partial charge in [0.25, 0.3) is 0 Å². The molecule has 4 nitrogen and oxygen atoms in total. The third kappa shape index (κ3) is 5.87. The number of hydrogen-bond donors (Lipinski definition) is 1. The Morgan fingerprint density at radius 1 is 1.09 bits per heavy atom. The highest BCUT2D eigenvalue weighted by Gasteiger charge is 2.21. The van der Waals surface area contributed by atoms with Gasteiger partial charge in [-0.05, 0) is 74.9 Å². The molecular weight excluding hydrogens is 430 g/mol. The fourth-order valence-electron chi connectivity index (χ4n) is 5.07. The minimum Gasteiger partial charge on any atom is -0.313 e. The highest BCUT2D eigenvalue weighted by Crippen LogP contribution is 2.28. The van der Waals surface area contributed by atoms with E-state index in [2.05, 4.69) is 62.2 Å². The molecule has 1 saturated heterocycles. The Kier molecular flexibility index (Phi) is 8.75. The lowest BCUT2D eigenvalue weighted by atomic mass is 9.98. The molecule has 3 atom stereocenters. The second-order valence-corrected chi connectivity index (χ2v) is 9.61. The fraction of sp³-hybridized carbons (Fsp3) is 0.464. The number of rotatable bonds is 8. The zero-order valence-electron chi connectivity index (χ0n) is 20.4. The van der Waals surface area contributed by atoms with E-state index in [1.807, 2.05) is 34.9 Å². The molecule has 1 aliphatic heterocycles. The molecule has 0 spiro atoms. The fourth-order valence-corrected chi connectivity index (χ4v) is 5.07. The number of fused-ring (bicyclic) bond motifs is 1. The summed E-state index contributed by atoms with van der Waals surface area (Å²) >= 11 is 0. The molecule has 0 radical (unpaired) electrons. The quantitative estimate of drug-likeness (QED) is 0.430. The minimum absolute atomic E-state index is 0. The van der Waals surface area contributed by atoms with Crippen molar-refractivity contribution in [1.29, 1.82) is 0 Å². The number of hydrogen-bond acceptors (Lipinski definition) is 3. The van der Waals surface area contributed by atoms with Gasteiger partial charge in [0.2, 0.25) is 5.78 Å². The predicted octanol–water partition coefficient (Wildman–Crippen LogP) is 5.72. The van der Waals surface area contributed by atoms with Crippen LogP contribution in [0.1, 0.15) is 73.6 Å². The number of carbonyl (C=O) groups excluding carboxylic acids is 1. The summed E-state index contributed by atoms with van der Waals surface area (Å²) in [6.45, 7) is 12.3. The van der Waals surface area contributed by atoms with Crippen LogP contribution in [0, 0.1) is 0 Å². The Morgan fingerprint density at radius 3 is 2.45 bits per heavy atom. The molecule has 0 aliphatic carbocycles. The van der Waals surface area contributed by atoms with Crippen LogP contribution in [-0.4, -0.2) is 46.8 Å². The zero-order chi connectivity index (χ0) is 22.7. The molecule has 0 bridgehead atoms. The Hall–Kier alpha value is -2.14. The molecule has 3 aromatic rings. The van der Waals surface area contributed by atoms with Gasteiger partial charge in [-0.2, -0.15) is 0 Å². The summed E-state index contributed by atoms with van der Waals surface area (Å²) in [5.74, 6) is 0.522. The lowest BCUT2D eigenvalue weighted by molar-refractivity contribution is 0.103. The van der Waals surface area contributed by atoms with Crippen LogP contribution in [-0.2, 0) is 6.42 Å². The lowest BCUT2D eigenvalue weighted by Crippen LogP contribution is -2.54. The van der Waals surface area contributed by atoms with Gasteiger partial charge in [-0.1, -0.05) is 44.2 Å². The van der Waals surface area contributed by atoms with Crippen LogP contribution in [0.25, 0.3) is 5.52 Å². The molecule has 4 rings (SSSR count). The second-order valence-electron chi connectivity index (χ2n) is 9.61. The largest absolute Gasteiger partial charge is 0.313 e. The van der Waals surface area contributed by atoms with Crippen molar-refractivity contribution < 1.29 is 4.79 Å². The van der Waals surface area contributed by atoms with E-state index in [4.69, 9.17) is 0 Å². The molecule has 1 fully saturated rings. The summed E-state index contributed by atoms with van der Waals surface area (Å²) in [5, 5.41) is 3.59. The summed E-state index contributed by atoms with van der Waals surface area (Å²) in [6, 6.07) is 17.6. The summed E-state index contributed by atoms with van der Waals surface area (Å²) in [4.78, 5) is 15.9. The molecule has 5 heteroatoms. The summed E-state index contributed by atoms with van der Waals surface area (Å²) in [7, 11) is 0. The van der Waals surface area contributed by atoms with Crippen LogP contribution in [0.5, 0.6) is 0 Å². The van der Waals surface area contributed by atoms with Crippen molar-refractivity contribution >= 4 is 23.7 Å². The number of benzene rings is 1. The number of ketones is 1. The first kappa shape index (κ1) is 25.5. The minimum atomic E-state index is 0. The number of pyridine rings is 1. The van der Waals surface area contributed by atoms with Crippen molar-refractivity contribution in [1.82, 2.24) is 14.6 Å². The van der Waals surface area contributed by atoms with E-state index in [0.717, 1.165) is 55.7 Å². The number of aromatic nitrogens is 1. The first-order valence-electron chi connectivity index (χ1n) is 12.2. The van der Waals surface area contributed by atoms with Crippen molar-refractivity contribution in [3.8, 4) is 0 Å². The Labute approximate surface area is 204 Å². The summed E-state index contributed by atoms with van der Waals surface area (Å²) in [5.41, 5.74) is 5.21. The molecule has 1 N–H and O–H groups in total. The molecule has 0 saturated carbocycles. The van der Waals surface area contributed by atoms with E-state index in [1.165, 1.54) is 11.1 Å². The predicted molar refractivity (Wildman–Crippen MR) is 140 cm³/mol. The van der Waals surface area contributed by atoms with Gasteiger partial charge in [-0.3, -0.25) is 4.79 Å². The van der Waals surface area contributed by atoms with Crippen molar-refractivity contribution in [2.24, 2.45) is 0 Å². The van der Waals surface area contributed by atoms with E-state index >= 15 is 0 Å². The third-order valence-electron chi connectivity index (χ3n) is 6.87. The monoisotopic (exact) mass is 467 g/mol. The average Bonchev–Trinajstić information content (AvgIpc) is 3.18.